The van der Waals surface area contributed by atoms with Crippen LogP contribution < -0.4 is 0 Å². The molecule has 30 heavy (non-hydrogen) atoms. The second kappa shape index (κ2) is 7.95. The Morgan fingerprint density at radius 2 is 0.733 bits per heavy atom. The Balaban J connectivity index is 0.000000393. The second-order valence-corrected chi connectivity index (χ2v) is 9.57. The molecule has 0 bridgehead atoms. The molecule has 0 aliphatic heterocycles. The molecular weight excluding hydrogens is 360 g/mol. The topological polar surface area (TPSA) is 0 Å². The Hall–Kier alpha value is -3.12. The highest BCUT2D eigenvalue weighted by Gasteiger charge is 2.45. The Morgan fingerprint density at radius 3 is 1.10 bits per heavy atom. The zero-order valence-electron chi connectivity index (χ0n) is 18.4. The van der Waals surface area contributed by atoms with Crippen molar-refractivity contribution in [2.45, 2.75) is 33.1 Å². The quantitative estimate of drug-likeness (QED) is 0.285. The lowest BCUT2D eigenvalue weighted by Crippen LogP contribution is -2.28. The van der Waals surface area contributed by atoms with Crippen LogP contribution in [0.25, 0.3) is 11.1 Å². The van der Waals surface area contributed by atoms with Crippen molar-refractivity contribution in [3.63, 3.8) is 0 Å². The molecule has 150 valence electrons. The van der Waals surface area contributed by atoms with E-state index >= 15 is 0 Å². The minimum Gasteiger partial charge on any atom is -0.0622 e. The Kier molecular flexibility index (Phi) is 5.35. The molecule has 0 spiro atoms. The van der Waals surface area contributed by atoms with Crippen molar-refractivity contribution in [1.29, 1.82) is 0 Å². The summed E-state index contributed by atoms with van der Waals surface area (Å²) in [7, 11) is 0. The molecule has 0 unspecified atom stereocenters. The maximum Gasteiger partial charge on any atom is 0.0713 e. The van der Waals surface area contributed by atoms with Crippen molar-refractivity contribution in [1.82, 2.24) is 0 Å². The molecule has 4 aromatic rings. The molecule has 0 saturated heterocycles. The number of hydrogen-bond donors (Lipinski definition) is 0. The van der Waals surface area contributed by atoms with E-state index in [2.05, 4.69) is 137 Å². The SMILES string of the molecule is CC(C)(C)C.c1ccc(C2(c3ccccc3)c3ccccc3-c3ccccc32)cc1. The molecule has 1 aliphatic rings. The Labute approximate surface area is 181 Å². The molecule has 0 amide bonds. The monoisotopic (exact) mass is 390 g/mol. The van der Waals surface area contributed by atoms with Crippen molar-refractivity contribution in [2.24, 2.45) is 5.41 Å². The maximum absolute atomic E-state index is 2.29. The summed E-state index contributed by atoms with van der Waals surface area (Å²) < 4.78 is 0. The predicted molar refractivity (Wildman–Crippen MR) is 129 cm³/mol. The van der Waals surface area contributed by atoms with Gasteiger partial charge in [-0.2, -0.15) is 0 Å². The van der Waals surface area contributed by atoms with E-state index in [1.54, 1.807) is 0 Å². The largest absolute Gasteiger partial charge is 0.0713 e. The summed E-state index contributed by atoms with van der Waals surface area (Å²) in [5.41, 5.74) is 8.30. The normalized spacial score (nSPS) is 13.6. The summed E-state index contributed by atoms with van der Waals surface area (Å²) in [6.45, 7) is 8.75. The van der Waals surface area contributed by atoms with Crippen LogP contribution in [0.2, 0.25) is 0 Å². The van der Waals surface area contributed by atoms with Crippen LogP contribution in [0.15, 0.2) is 109 Å². The van der Waals surface area contributed by atoms with Gasteiger partial charge in [0.25, 0.3) is 0 Å². The molecule has 0 saturated carbocycles. The van der Waals surface area contributed by atoms with Crippen LogP contribution in [0.4, 0.5) is 0 Å². The summed E-state index contributed by atoms with van der Waals surface area (Å²) in [6, 6.07) is 39.5. The van der Waals surface area contributed by atoms with Gasteiger partial charge in [0, 0.05) is 0 Å². The Morgan fingerprint density at radius 1 is 0.433 bits per heavy atom. The molecule has 0 N–H and O–H groups in total. The van der Waals surface area contributed by atoms with E-state index < -0.39 is 0 Å². The van der Waals surface area contributed by atoms with Gasteiger partial charge in [0.1, 0.15) is 0 Å². The van der Waals surface area contributed by atoms with E-state index in [1.807, 2.05) is 0 Å². The zero-order chi connectivity index (χ0) is 21.2. The lowest BCUT2D eigenvalue weighted by Gasteiger charge is -2.33. The van der Waals surface area contributed by atoms with Gasteiger partial charge in [-0.25, -0.2) is 0 Å². The summed E-state index contributed by atoms with van der Waals surface area (Å²) in [4.78, 5) is 0. The van der Waals surface area contributed by atoms with Gasteiger partial charge < -0.3 is 0 Å². The van der Waals surface area contributed by atoms with E-state index in [1.165, 1.54) is 33.4 Å². The van der Waals surface area contributed by atoms with Gasteiger partial charge in [-0.3, -0.25) is 0 Å². The highest BCUT2D eigenvalue weighted by Crippen LogP contribution is 2.55. The van der Waals surface area contributed by atoms with E-state index in [0.29, 0.717) is 5.41 Å². The summed E-state index contributed by atoms with van der Waals surface area (Å²) in [5.74, 6) is 0. The van der Waals surface area contributed by atoms with Crippen LogP contribution in [0.1, 0.15) is 49.9 Å². The second-order valence-electron chi connectivity index (χ2n) is 9.57. The first-order valence-electron chi connectivity index (χ1n) is 10.7. The highest BCUT2D eigenvalue weighted by molar-refractivity contribution is 5.86. The average Bonchev–Trinajstić information content (AvgIpc) is 3.05. The first-order chi connectivity index (χ1) is 14.4. The van der Waals surface area contributed by atoms with E-state index in [4.69, 9.17) is 0 Å². The minimum atomic E-state index is -0.254. The number of benzene rings is 4. The smallest absolute Gasteiger partial charge is 0.0622 e. The molecule has 0 nitrogen and oxygen atoms in total. The molecule has 0 fully saturated rings. The summed E-state index contributed by atoms with van der Waals surface area (Å²) >= 11 is 0. The maximum atomic E-state index is 2.29. The van der Waals surface area contributed by atoms with Crippen molar-refractivity contribution in [2.75, 3.05) is 0 Å². The van der Waals surface area contributed by atoms with Crippen molar-refractivity contribution in [3.05, 3.63) is 131 Å². The van der Waals surface area contributed by atoms with Crippen LogP contribution in [0.3, 0.4) is 0 Å². The molecule has 0 heterocycles. The fourth-order valence-electron chi connectivity index (χ4n) is 4.40. The van der Waals surface area contributed by atoms with Gasteiger partial charge in [-0.1, -0.05) is 137 Å². The van der Waals surface area contributed by atoms with E-state index in [9.17, 15) is 0 Å². The zero-order valence-corrected chi connectivity index (χ0v) is 18.4. The number of fused-ring (bicyclic) bond motifs is 3. The third-order valence-corrected chi connectivity index (χ3v) is 5.37. The molecule has 1 aliphatic carbocycles. The van der Waals surface area contributed by atoms with Crippen molar-refractivity contribution >= 4 is 0 Å². The fourth-order valence-corrected chi connectivity index (χ4v) is 4.40. The van der Waals surface area contributed by atoms with E-state index in [-0.39, 0.29) is 5.41 Å². The van der Waals surface area contributed by atoms with E-state index in [0.717, 1.165) is 0 Å². The minimum absolute atomic E-state index is 0.254. The third-order valence-electron chi connectivity index (χ3n) is 5.37. The average molecular weight is 391 g/mol. The molecule has 5 rings (SSSR count). The van der Waals surface area contributed by atoms with Gasteiger partial charge >= 0.3 is 0 Å². The van der Waals surface area contributed by atoms with Gasteiger partial charge in [0.05, 0.1) is 5.41 Å². The molecule has 4 aromatic carbocycles. The lowest BCUT2D eigenvalue weighted by molar-refractivity contribution is 0.469. The first-order valence-corrected chi connectivity index (χ1v) is 10.7. The Bertz CT molecular complexity index is 1020. The van der Waals surface area contributed by atoms with Crippen LogP contribution in [-0.2, 0) is 5.41 Å². The fraction of sp³-hybridized carbons (Fsp3) is 0.200. The van der Waals surface area contributed by atoms with Crippen LogP contribution in [-0.4, -0.2) is 0 Å². The van der Waals surface area contributed by atoms with Crippen molar-refractivity contribution in [3.8, 4) is 11.1 Å². The molecular formula is C30H30. The summed E-state index contributed by atoms with van der Waals surface area (Å²) in [5, 5.41) is 0. The van der Waals surface area contributed by atoms with Gasteiger partial charge in [0.2, 0.25) is 0 Å². The van der Waals surface area contributed by atoms with Crippen LogP contribution in [0.5, 0.6) is 0 Å². The van der Waals surface area contributed by atoms with Gasteiger partial charge in [-0.05, 0) is 38.8 Å². The van der Waals surface area contributed by atoms with Crippen LogP contribution in [0, 0.1) is 5.41 Å². The van der Waals surface area contributed by atoms with Crippen LogP contribution >= 0.6 is 0 Å². The molecule has 0 heteroatoms. The molecule has 0 atom stereocenters. The van der Waals surface area contributed by atoms with Crippen molar-refractivity contribution < 1.29 is 0 Å². The molecule has 0 radical (unpaired) electrons. The first kappa shape index (κ1) is 20.2. The third kappa shape index (κ3) is 3.59. The van der Waals surface area contributed by atoms with Gasteiger partial charge in [-0.15, -0.1) is 0 Å². The van der Waals surface area contributed by atoms with Gasteiger partial charge in [0.15, 0.2) is 0 Å². The highest BCUT2D eigenvalue weighted by atomic mass is 14.5. The lowest BCUT2D eigenvalue weighted by atomic mass is 9.68. The molecule has 0 aromatic heterocycles. The number of hydrogen-bond acceptors (Lipinski definition) is 0. The summed E-state index contributed by atoms with van der Waals surface area (Å²) in [6.07, 6.45) is 0. The number of rotatable bonds is 2. The predicted octanol–water partition coefficient (Wildman–Crippen LogP) is 8.10. The standard InChI is InChI=1S/C25H18.C5H12/c1-3-11-19(12-4-1)25(20-13-5-2-6-14-20)23-17-9-7-15-21(23)22-16-8-10-18-24(22)25;1-5(2,3)4/h1-18H;1-4H3.